The number of amides is 1. The van der Waals surface area contributed by atoms with Crippen molar-refractivity contribution in [3.8, 4) is 0 Å². The maximum Gasteiger partial charge on any atom is 0.295 e. The zero-order valence-electron chi connectivity index (χ0n) is 18.9. The smallest absolute Gasteiger partial charge is 0.295 e. The number of nitrogens with zero attached hydrogens (tertiary/aromatic N) is 2. The van der Waals surface area contributed by atoms with Gasteiger partial charge in [-0.3, -0.25) is 9.59 Å². The highest BCUT2D eigenvalue weighted by molar-refractivity contribution is 6.46. The Hall–Kier alpha value is -2.92. The van der Waals surface area contributed by atoms with E-state index in [0.29, 0.717) is 12.1 Å². The van der Waals surface area contributed by atoms with Gasteiger partial charge in [-0.05, 0) is 45.5 Å². The Kier molecular flexibility index (Phi) is 7.29. The molecule has 0 saturated carbocycles. The molecule has 1 N–H and O–H groups in total. The van der Waals surface area contributed by atoms with Crippen LogP contribution in [0.1, 0.15) is 48.6 Å². The Morgan fingerprint density at radius 2 is 1.48 bits per heavy atom. The molecule has 0 aromatic heterocycles. The van der Waals surface area contributed by atoms with Crippen molar-refractivity contribution >= 4 is 17.4 Å². The molecular weight excluding hydrogens is 388 g/mol. The van der Waals surface area contributed by atoms with Crippen LogP contribution in [0.15, 0.2) is 54.1 Å². The molecule has 2 aromatic carbocycles. The Bertz CT molecular complexity index is 957. The summed E-state index contributed by atoms with van der Waals surface area (Å²) in [4.78, 5) is 29.9. The fourth-order valence-corrected chi connectivity index (χ4v) is 4.08. The third-order valence-electron chi connectivity index (χ3n) is 6.03. The standard InChI is InChI=1S/C26H32N2O3/c1-5-27(6-2)16-7-17-28-23(20-12-8-18(3)9-13-20)22(25(30)26(28)31)24(29)21-14-10-19(4)11-15-21/h8-15,23,29H,5-7,16-17H2,1-4H3/b24-22+. The number of rotatable bonds is 8. The van der Waals surface area contributed by atoms with Crippen molar-refractivity contribution in [1.29, 1.82) is 0 Å². The van der Waals surface area contributed by atoms with Gasteiger partial charge in [0, 0.05) is 12.1 Å². The van der Waals surface area contributed by atoms with Crippen LogP contribution >= 0.6 is 0 Å². The first kappa shape index (κ1) is 22.8. The number of ketones is 1. The summed E-state index contributed by atoms with van der Waals surface area (Å²) in [5, 5.41) is 11.1. The van der Waals surface area contributed by atoms with Crippen molar-refractivity contribution in [3.63, 3.8) is 0 Å². The quantitative estimate of drug-likeness (QED) is 0.389. The van der Waals surface area contributed by atoms with Gasteiger partial charge in [0.2, 0.25) is 0 Å². The van der Waals surface area contributed by atoms with Crippen molar-refractivity contribution < 1.29 is 14.7 Å². The molecular formula is C26H32N2O3. The van der Waals surface area contributed by atoms with Crippen LogP contribution in [0.3, 0.4) is 0 Å². The molecule has 164 valence electrons. The van der Waals surface area contributed by atoms with Gasteiger partial charge in [-0.2, -0.15) is 0 Å². The number of aliphatic hydroxyl groups excluding tert-OH is 1. The fourth-order valence-electron chi connectivity index (χ4n) is 4.08. The molecule has 0 aliphatic carbocycles. The van der Waals surface area contributed by atoms with Gasteiger partial charge < -0.3 is 14.9 Å². The largest absolute Gasteiger partial charge is 0.507 e. The van der Waals surface area contributed by atoms with Crippen LogP contribution in [0.4, 0.5) is 0 Å². The highest BCUT2D eigenvalue weighted by atomic mass is 16.3. The van der Waals surface area contributed by atoms with E-state index in [1.165, 1.54) is 0 Å². The molecule has 5 nitrogen and oxygen atoms in total. The van der Waals surface area contributed by atoms with Gasteiger partial charge in [0.25, 0.3) is 11.7 Å². The van der Waals surface area contributed by atoms with Crippen LogP contribution in [0.25, 0.3) is 5.76 Å². The zero-order chi connectivity index (χ0) is 22.5. The number of hydrogen-bond donors (Lipinski definition) is 1. The van der Waals surface area contributed by atoms with E-state index in [0.717, 1.165) is 42.7 Å². The summed E-state index contributed by atoms with van der Waals surface area (Å²) in [7, 11) is 0. The van der Waals surface area contributed by atoms with E-state index in [1.54, 1.807) is 17.0 Å². The Balaban J connectivity index is 2.01. The third-order valence-corrected chi connectivity index (χ3v) is 6.03. The summed E-state index contributed by atoms with van der Waals surface area (Å²) in [6.45, 7) is 11.4. The number of carbonyl (C=O) groups is 2. The van der Waals surface area contributed by atoms with Crippen LogP contribution in [0.5, 0.6) is 0 Å². The molecule has 0 radical (unpaired) electrons. The lowest BCUT2D eigenvalue weighted by Gasteiger charge is -2.27. The average Bonchev–Trinajstić information content (AvgIpc) is 3.02. The second-order valence-corrected chi connectivity index (χ2v) is 8.15. The number of hydrogen-bond acceptors (Lipinski definition) is 4. The number of carbonyl (C=O) groups excluding carboxylic acids is 2. The molecule has 1 atom stereocenters. The minimum atomic E-state index is -0.619. The summed E-state index contributed by atoms with van der Waals surface area (Å²) in [6, 6.07) is 14.6. The molecule has 2 aromatic rings. The van der Waals surface area contributed by atoms with E-state index in [9.17, 15) is 14.7 Å². The SMILES string of the molecule is CCN(CC)CCCN1C(=O)C(=O)/C(=C(/O)c2ccc(C)cc2)C1c1ccc(C)cc1. The normalized spacial score (nSPS) is 18.2. The van der Waals surface area contributed by atoms with Crippen molar-refractivity contribution in [2.24, 2.45) is 0 Å². The molecule has 1 aliphatic heterocycles. The monoisotopic (exact) mass is 420 g/mol. The van der Waals surface area contributed by atoms with Crippen LogP contribution in [0.2, 0.25) is 0 Å². The number of Topliss-reactive ketones (excluding diaryl/α,β-unsaturated/α-hetero) is 1. The first-order valence-electron chi connectivity index (χ1n) is 11.0. The second-order valence-electron chi connectivity index (χ2n) is 8.15. The molecule has 1 heterocycles. The van der Waals surface area contributed by atoms with Crippen molar-refractivity contribution in [3.05, 3.63) is 76.4 Å². The predicted octanol–water partition coefficient (Wildman–Crippen LogP) is 4.46. The Morgan fingerprint density at radius 1 is 0.935 bits per heavy atom. The van der Waals surface area contributed by atoms with Gasteiger partial charge in [-0.15, -0.1) is 0 Å². The van der Waals surface area contributed by atoms with Crippen molar-refractivity contribution in [2.45, 2.75) is 40.2 Å². The van der Waals surface area contributed by atoms with Gasteiger partial charge >= 0.3 is 0 Å². The van der Waals surface area contributed by atoms with Crippen LogP contribution in [0, 0.1) is 13.8 Å². The Labute approximate surface area is 185 Å². The number of likely N-dealkylation sites (tertiary alicyclic amines) is 1. The van der Waals surface area contributed by atoms with Crippen LogP contribution < -0.4 is 0 Å². The lowest BCUT2D eigenvalue weighted by atomic mass is 9.94. The van der Waals surface area contributed by atoms with E-state index < -0.39 is 17.7 Å². The molecule has 1 saturated heterocycles. The van der Waals surface area contributed by atoms with E-state index >= 15 is 0 Å². The number of benzene rings is 2. The minimum Gasteiger partial charge on any atom is -0.507 e. The topological polar surface area (TPSA) is 60.9 Å². The van der Waals surface area contributed by atoms with Gasteiger partial charge in [0.1, 0.15) is 5.76 Å². The number of aliphatic hydroxyl groups is 1. The maximum absolute atomic E-state index is 13.0. The molecule has 0 bridgehead atoms. The summed E-state index contributed by atoms with van der Waals surface area (Å²) >= 11 is 0. The van der Waals surface area contributed by atoms with Crippen molar-refractivity contribution in [1.82, 2.24) is 9.80 Å². The fraction of sp³-hybridized carbons (Fsp3) is 0.385. The maximum atomic E-state index is 13.0. The molecule has 1 unspecified atom stereocenters. The lowest BCUT2D eigenvalue weighted by Crippen LogP contribution is -2.33. The van der Waals surface area contributed by atoms with E-state index in [1.807, 2.05) is 50.2 Å². The molecule has 0 spiro atoms. The number of aryl methyl sites for hydroxylation is 2. The summed E-state index contributed by atoms with van der Waals surface area (Å²) in [5.41, 5.74) is 3.70. The molecule has 1 fully saturated rings. The molecule has 5 heteroatoms. The first-order chi connectivity index (χ1) is 14.9. The van der Waals surface area contributed by atoms with Crippen LogP contribution in [-0.4, -0.2) is 52.8 Å². The second kappa shape index (κ2) is 9.92. The van der Waals surface area contributed by atoms with Gasteiger partial charge in [-0.25, -0.2) is 0 Å². The highest BCUT2D eigenvalue weighted by Gasteiger charge is 2.45. The van der Waals surface area contributed by atoms with Crippen LogP contribution in [-0.2, 0) is 9.59 Å². The first-order valence-corrected chi connectivity index (χ1v) is 11.0. The highest BCUT2D eigenvalue weighted by Crippen LogP contribution is 2.39. The molecule has 1 aliphatic rings. The predicted molar refractivity (Wildman–Crippen MR) is 124 cm³/mol. The lowest BCUT2D eigenvalue weighted by molar-refractivity contribution is -0.140. The van der Waals surface area contributed by atoms with E-state index in [-0.39, 0.29) is 11.3 Å². The average molecular weight is 421 g/mol. The molecule has 31 heavy (non-hydrogen) atoms. The van der Waals surface area contributed by atoms with Gasteiger partial charge in [0.15, 0.2) is 0 Å². The van der Waals surface area contributed by atoms with Gasteiger partial charge in [-0.1, -0.05) is 73.5 Å². The Morgan fingerprint density at radius 3 is 2.03 bits per heavy atom. The minimum absolute atomic E-state index is 0.116. The third kappa shape index (κ3) is 4.88. The summed E-state index contributed by atoms with van der Waals surface area (Å²) < 4.78 is 0. The van der Waals surface area contributed by atoms with Gasteiger partial charge in [0.05, 0.1) is 11.6 Å². The molecule has 1 amide bonds. The van der Waals surface area contributed by atoms with Crippen molar-refractivity contribution in [2.75, 3.05) is 26.2 Å². The molecule has 3 rings (SSSR count). The summed E-state index contributed by atoms with van der Waals surface area (Å²) in [6.07, 6.45) is 0.766. The zero-order valence-corrected chi connectivity index (χ0v) is 18.9. The summed E-state index contributed by atoms with van der Waals surface area (Å²) in [5.74, 6) is -1.28. The van der Waals surface area contributed by atoms with E-state index in [4.69, 9.17) is 0 Å². The van der Waals surface area contributed by atoms with E-state index in [2.05, 4.69) is 18.7 Å².